The minimum absolute atomic E-state index is 0.0961. The molecule has 2 aliphatic rings. The van der Waals surface area contributed by atoms with Crippen molar-refractivity contribution in [2.75, 3.05) is 39.4 Å². The Morgan fingerprint density at radius 3 is 2.69 bits per heavy atom. The molecule has 156 valence electrons. The van der Waals surface area contributed by atoms with Crippen molar-refractivity contribution in [3.05, 3.63) is 34.4 Å². The van der Waals surface area contributed by atoms with Crippen molar-refractivity contribution in [1.82, 2.24) is 24.6 Å². The van der Waals surface area contributed by atoms with Crippen LogP contribution < -0.4 is 9.47 Å². The van der Waals surface area contributed by atoms with Crippen molar-refractivity contribution in [2.45, 2.75) is 32.9 Å². The third kappa shape index (κ3) is 4.62. The first kappa shape index (κ1) is 19.9. The highest BCUT2D eigenvalue weighted by Gasteiger charge is 2.23. The number of nitrogens with zero attached hydrogens (tertiary/aromatic N) is 4. The highest BCUT2D eigenvalue weighted by atomic mass is 32.1. The number of rotatable bonds is 6. The monoisotopic (exact) mass is 417 g/mol. The fourth-order valence-corrected chi connectivity index (χ4v) is 3.98. The molecule has 1 fully saturated rings. The Kier molecular flexibility index (Phi) is 6.15. The summed E-state index contributed by atoms with van der Waals surface area (Å²) in [4.78, 5) is 17.1. The van der Waals surface area contributed by atoms with Gasteiger partial charge in [-0.1, -0.05) is 13.0 Å². The number of carbonyl (C=O) groups is 1. The van der Waals surface area contributed by atoms with Crippen LogP contribution in [0.15, 0.2) is 18.2 Å². The van der Waals surface area contributed by atoms with Crippen LogP contribution in [-0.4, -0.2) is 69.9 Å². The number of ether oxygens (including phenoxy) is 2. The molecule has 1 aromatic heterocycles. The molecule has 0 unspecified atom stereocenters. The van der Waals surface area contributed by atoms with E-state index in [1.54, 1.807) is 0 Å². The van der Waals surface area contributed by atoms with Crippen molar-refractivity contribution in [3.8, 4) is 11.5 Å². The number of nitrogens with one attached hydrogen (secondary N) is 1. The van der Waals surface area contributed by atoms with E-state index in [9.17, 15) is 4.79 Å². The minimum Gasteiger partial charge on any atom is -0.486 e. The van der Waals surface area contributed by atoms with Crippen LogP contribution in [0.5, 0.6) is 11.5 Å². The summed E-state index contributed by atoms with van der Waals surface area (Å²) in [5.41, 5.74) is 1.20. The lowest BCUT2D eigenvalue weighted by Gasteiger charge is -2.35. The van der Waals surface area contributed by atoms with Crippen LogP contribution in [0.3, 0.4) is 0 Å². The highest BCUT2D eigenvalue weighted by molar-refractivity contribution is 7.71. The van der Waals surface area contributed by atoms with E-state index in [-0.39, 0.29) is 12.5 Å². The lowest BCUT2D eigenvalue weighted by molar-refractivity contribution is -0.133. The third-order valence-corrected chi connectivity index (χ3v) is 5.65. The van der Waals surface area contributed by atoms with Gasteiger partial charge in [-0.2, -0.15) is 5.10 Å². The van der Waals surface area contributed by atoms with Gasteiger partial charge in [0.15, 0.2) is 16.3 Å². The number of amides is 1. The summed E-state index contributed by atoms with van der Waals surface area (Å²) < 4.78 is 13.6. The Morgan fingerprint density at radius 2 is 1.93 bits per heavy atom. The molecule has 0 saturated carbocycles. The first-order valence-electron chi connectivity index (χ1n) is 10.2. The number of hydrogen-bond donors (Lipinski definition) is 1. The normalized spacial score (nSPS) is 16.8. The molecule has 1 amide bonds. The predicted octanol–water partition coefficient (Wildman–Crippen LogP) is 2.01. The number of carbonyl (C=O) groups excluding carboxylic acids is 1. The zero-order valence-electron chi connectivity index (χ0n) is 16.7. The molecular weight excluding hydrogens is 390 g/mol. The van der Waals surface area contributed by atoms with Crippen LogP contribution >= 0.6 is 12.2 Å². The Labute approximate surface area is 175 Å². The third-order valence-electron chi connectivity index (χ3n) is 5.34. The summed E-state index contributed by atoms with van der Waals surface area (Å²) in [6.45, 7) is 7.51. The quantitative estimate of drug-likeness (QED) is 0.725. The Hall–Kier alpha value is -2.39. The van der Waals surface area contributed by atoms with Gasteiger partial charge in [-0.15, -0.1) is 0 Å². The molecule has 0 bridgehead atoms. The van der Waals surface area contributed by atoms with Gasteiger partial charge in [0.25, 0.3) is 0 Å². The molecule has 8 nitrogen and oxygen atoms in total. The predicted molar refractivity (Wildman–Crippen MR) is 111 cm³/mol. The number of hydrogen-bond acceptors (Lipinski definition) is 6. The maximum absolute atomic E-state index is 12.8. The topological polar surface area (TPSA) is 75.6 Å². The Bertz CT molecular complexity index is 917. The van der Waals surface area contributed by atoms with Crippen LogP contribution in [0, 0.1) is 4.77 Å². The Morgan fingerprint density at radius 1 is 1.17 bits per heavy atom. The fraction of sp³-hybridized carbons (Fsp3) is 0.550. The number of benzene rings is 1. The summed E-state index contributed by atoms with van der Waals surface area (Å²) >= 11 is 5.29. The molecule has 4 rings (SSSR count). The van der Waals surface area contributed by atoms with E-state index in [0.29, 0.717) is 18.0 Å². The SMILES string of the molecule is CCCc1n[nH]c(=S)n1CC(=O)N1CCN(Cc2ccc3c(c2)OCCO3)CC1. The van der Waals surface area contributed by atoms with Crippen LogP contribution in [0.4, 0.5) is 0 Å². The molecule has 9 heteroatoms. The van der Waals surface area contributed by atoms with Crippen molar-refractivity contribution in [2.24, 2.45) is 0 Å². The average Bonchev–Trinajstić information content (AvgIpc) is 3.08. The van der Waals surface area contributed by atoms with Crippen LogP contribution in [-0.2, 0) is 24.3 Å². The van der Waals surface area contributed by atoms with Crippen molar-refractivity contribution in [1.29, 1.82) is 0 Å². The summed E-state index contributed by atoms with van der Waals surface area (Å²) in [6.07, 6.45) is 1.77. The zero-order chi connectivity index (χ0) is 20.2. The lowest BCUT2D eigenvalue weighted by Crippen LogP contribution is -2.49. The number of aromatic nitrogens is 3. The highest BCUT2D eigenvalue weighted by Crippen LogP contribution is 2.31. The van der Waals surface area contributed by atoms with Gasteiger partial charge in [-0.3, -0.25) is 19.4 Å². The molecule has 0 spiro atoms. The van der Waals surface area contributed by atoms with Gasteiger partial charge in [-0.05, 0) is 36.3 Å². The van der Waals surface area contributed by atoms with Gasteiger partial charge in [0, 0.05) is 39.1 Å². The molecule has 29 heavy (non-hydrogen) atoms. The van der Waals surface area contributed by atoms with Crippen LogP contribution in [0.1, 0.15) is 24.7 Å². The molecule has 1 aromatic carbocycles. The number of aromatic amines is 1. The van der Waals surface area contributed by atoms with E-state index in [1.807, 2.05) is 15.5 Å². The van der Waals surface area contributed by atoms with E-state index >= 15 is 0 Å². The summed E-state index contributed by atoms with van der Waals surface area (Å²) in [5.74, 6) is 2.58. The number of H-pyrrole nitrogens is 1. The number of piperazine rings is 1. The second-order valence-corrected chi connectivity index (χ2v) is 7.80. The number of aryl methyl sites for hydroxylation is 1. The summed E-state index contributed by atoms with van der Waals surface area (Å²) in [6, 6.07) is 6.12. The van der Waals surface area contributed by atoms with E-state index < -0.39 is 0 Å². The molecule has 0 radical (unpaired) electrons. The van der Waals surface area contributed by atoms with Crippen LogP contribution in [0.25, 0.3) is 0 Å². The van der Waals surface area contributed by atoms with E-state index in [0.717, 1.165) is 62.9 Å². The molecule has 1 saturated heterocycles. The first-order chi connectivity index (χ1) is 14.1. The van der Waals surface area contributed by atoms with Crippen LogP contribution in [0.2, 0.25) is 0 Å². The van der Waals surface area contributed by atoms with Gasteiger partial charge >= 0.3 is 0 Å². The fourth-order valence-electron chi connectivity index (χ4n) is 3.76. The van der Waals surface area contributed by atoms with Gasteiger partial charge in [-0.25, -0.2) is 0 Å². The lowest BCUT2D eigenvalue weighted by atomic mass is 10.1. The molecule has 0 aliphatic carbocycles. The molecule has 3 heterocycles. The molecule has 2 aromatic rings. The van der Waals surface area contributed by atoms with Gasteiger partial charge in [0.2, 0.25) is 5.91 Å². The zero-order valence-corrected chi connectivity index (χ0v) is 17.5. The van der Waals surface area contributed by atoms with Crippen molar-refractivity contribution < 1.29 is 14.3 Å². The smallest absolute Gasteiger partial charge is 0.242 e. The standard InChI is InChI=1S/C20H27N5O3S/c1-2-3-18-21-22-20(29)25(18)14-19(26)24-8-6-23(7-9-24)13-15-4-5-16-17(12-15)28-11-10-27-16/h4-5,12H,2-3,6-11,13-14H2,1H3,(H,22,29). The summed E-state index contributed by atoms with van der Waals surface area (Å²) in [7, 11) is 0. The minimum atomic E-state index is 0.0961. The second kappa shape index (κ2) is 8.96. The van der Waals surface area contributed by atoms with E-state index in [4.69, 9.17) is 21.7 Å². The van der Waals surface area contributed by atoms with Gasteiger partial charge in [0.1, 0.15) is 25.6 Å². The van der Waals surface area contributed by atoms with E-state index in [2.05, 4.69) is 34.2 Å². The maximum atomic E-state index is 12.8. The second-order valence-electron chi connectivity index (χ2n) is 7.42. The molecule has 2 aliphatic heterocycles. The maximum Gasteiger partial charge on any atom is 0.242 e. The molecule has 0 atom stereocenters. The molecule has 1 N–H and O–H groups in total. The molecular formula is C20H27N5O3S. The summed E-state index contributed by atoms with van der Waals surface area (Å²) in [5, 5.41) is 7.04. The van der Waals surface area contributed by atoms with Crippen molar-refractivity contribution >= 4 is 18.1 Å². The number of fused-ring (bicyclic) bond motifs is 1. The van der Waals surface area contributed by atoms with E-state index in [1.165, 1.54) is 5.56 Å². The average molecular weight is 418 g/mol. The van der Waals surface area contributed by atoms with Crippen molar-refractivity contribution in [3.63, 3.8) is 0 Å². The largest absolute Gasteiger partial charge is 0.486 e. The first-order valence-corrected chi connectivity index (χ1v) is 10.6. The van der Waals surface area contributed by atoms with Gasteiger partial charge < -0.3 is 14.4 Å². The Balaban J connectivity index is 1.31. The van der Waals surface area contributed by atoms with Gasteiger partial charge in [0.05, 0.1) is 0 Å².